The van der Waals surface area contributed by atoms with Gasteiger partial charge < -0.3 is 10.6 Å². The summed E-state index contributed by atoms with van der Waals surface area (Å²) in [4.78, 5) is 26.8. The Bertz CT molecular complexity index is 760. The van der Waals surface area contributed by atoms with E-state index in [-0.39, 0.29) is 12.5 Å². The van der Waals surface area contributed by atoms with Gasteiger partial charge in [-0.25, -0.2) is 0 Å². The fraction of sp³-hybridized carbons (Fsp3) is 0.471. The summed E-state index contributed by atoms with van der Waals surface area (Å²) < 4.78 is 0. The van der Waals surface area contributed by atoms with Crippen LogP contribution in [0.5, 0.6) is 0 Å². The van der Waals surface area contributed by atoms with E-state index >= 15 is 0 Å². The molecule has 0 unspecified atom stereocenters. The van der Waals surface area contributed by atoms with Gasteiger partial charge >= 0.3 is 0 Å². The molecular weight excluding hydrogens is 320 g/mol. The second-order valence-electron chi connectivity index (χ2n) is 6.83. The minimum Gasteiger partial charge on any atom is -0.366 e. The van der Waals surface area contributed by atoms with E-state index in [9.17, 15) is 9.59 Å². The molecule has 0 bridgehead atoms. The van der Waals surface area contributed by atoms with Gasteiger partial charge in [-0.3, -0.25) is 9.59 Å². The predicted octanol–water partition coefficient (Wildman–Crippen LogP) is 0.943. The summed E-state index contributed by atoms with van der Waals surface area (Å²) in [6.45, 7) is 5.96. The topological polar surface area (TPSA) is 107 Å². The van der Waals surface area contributed by atoms with Crippen molar-refractivity contribution in [1.29, 1.82) is 0 Å². The summed E-state index contributed by atoms with van der Waals surface area (Å²) in [6.07, 6.45) is 1.15. The predicted molar refractivity (Wildman–Crippen MR) is 91.3 cm³/mol. The lowest BCUT2D eigenvalue weighted by Gasteiger charge is -2.34. The lowest BCUT2D eigenvalue weighted by molar-refractivity contribution is -0.135. The first-order chi connectivity index (χ1) is 11.9. The minimum absolute atomic E-state index is 0.00595. The zero-order chi connectivity index (χ0) is 18.0. The van der Waals surface area contributed by atoms with Crippen LogP contribution in [0.15, 0.2) is 24.3 Å². The van der Waals surface area contributed by atoms with Crippen LogP contribution in [0.2, 0.25) is 0 Å². The number of hydrogen-bond acceptors (Lipinski definition) is 5. The van der Waals surface area contributed by atoms with E-state index in [0.29, 0.717) is 28.8 Å². The second kappa shape index (κ2) is 7.00. The second-order valence-corrected chi connectivity index (χ2v) is 6.83. The third-order valence-electron chi connectivity index (χ3n) is 4.38. The van der Waals surface area contributed by atoms with Crippen LogP contribution < -0.4 is 5.73 Å². The van der Waals surface area contributed by atoms with Crippen LogP contribution in [-0.2, 0) is 11.3 Å². The molecule has 2 atom stereocenters. The van der Waals surface area contributed by atoms with Gasteiger partial charge in [0.1, 0.15) is 6.54 Å². The summed E-state index contributed by atoms with van der Waals surface area (Å²) in [7, 11) is 0. The molecule has 0 radical (unpaired) electrons. The first kappa shape index (κ1) is 17.1. The van der Waals surface area contributed by atoms with E-state index < -0.39 is 5.91 Å². The fourth-order valence-corrected chi connectivity index (χ4v) is 3.30. The Hall–Kier alpha value is -2.77. The number of rotatable bonds is 4. The minimum atomic E-state index is -0.487. The molecule has 2 heterocycles. The molecule has 1 aromatic carbocycles. The van der Waals surface area contributed by atoms with Crippen LogP contribution in [-0.4, -0.2) is 50.0 Å². The van der Waals surface area contributed by atoms with Crippen molar-refractivity contribution in [3.8, 4) is 11.4 Å². The summed E-state index contributed by atoms with van der Waals surface area (Å²) in [5.41, 5.74) is 6.35. The molecule has 0 aliphatic carbocycles. The van der Waals surface area contributed by atoms with E-state index in [2.05, 4.69) is 29.3 Å². The van der Waals surface area contributed by atoms with E-state index in [1.54, 1.807) is 24.3 Å². The highest BCUT2D eigenvalue weighted by Crippen LogP contribution is 2.21. The SMILES string of the molecule is C[C@@H]1C[C@H](C)CN(C(=O)Cn2nnc(-c3ccc(C(N)=O)cc3)n2)C1. The van der Waals surface area contributed by atoms with Crippen LogP contribution in [0.25, 0.3) is 11.4 Å². The molecule has 2 N–H and O–H groups in total. The Morgan fingerprint density at radius 1 is 1.16 bits per heavy atom. The third kappa shape index (κ3) is 4.01. The maximum absolute atomic E-state index is 12.5. The van der Waals surface area contributed by atoms with Crippen LogP contribution in [0, 0.1) is 11.8 Å². The zero-order valence-electron chi connectivity index (χ0n) is 14.4. The molecular formula is C17H22N6O2. The highest BCUT2D eigenvalue weighted by Gasteiger charge is 2.25. The van der Waals surface area contributed by atoms with Gasteiger partial charge in [0.15, 0.2) is 0 Å². The van der Waals surface area contributed by atoms with Crippen molar-refractivity contribution in [2.45, 2.75) is 26.8 Å². The van der Waals surface area contributed by atoms with Gasteiger partial charge in [-0.05, 0) is 35.6 Å². The number of hydrogen-bond donors (Lipinski definition) is 1. The number of carbonyl (C=O) groups excluding carboxylic acids is 2. The van der Waals surface area contributed by atoms with Crippen molar-refractivity contribution in [2.24, 2.45) is 17.6 Å². The number of primary amides is 1. The molecule has 3 rings (SSSR count). The number of nitrogens with two attached hydrogens (primary N) is 1. The molecule has 1 aliphatic rings. The molecule has 2 aromatic rings. The lowest BCUT2D eigenvalue weighted by Crippen LogP contribution is -2.44. The van der Waals surface area contributed by atoms with Gasteiger partial charge in [-0.1, -0.05) is 26.0 Å². The molecule has 0 spiro atoms. The smallest absolute Gasteiger partial charge is 0.248 e. The van der Waals surface area contributed by atoms with Gasteiger partial charge in [0, 0.05) is 24.2 Å². The highest BCUT2D eigenvalue weighted by atomic mass is 16.2. The molecule has 1 aliphatic heterocycles. The maximum Gasteiger partial charge on any atom is 0.248 e. The van der Waals surface area contributed by atoms with E-state index in [1.165, 1.54) is 4.80 Å². The number of aromatic nitrogens is 4. The van der Waals surface area contributed by atoms with Crippen LogP contribution >= 0.6 is 0 Å². The van der Waals surface area contributed by atoms with Crippen LogP contribution in [0.4, 0.5) is 0 Å². The number of piperidine rings is 1. The van der Waals surface area contributed by atoms with Gasteiger partial charge in [-0.15, -0.1) is 10.2 Å². The molecule has 8 heteroatoms. The van der Waals surface area contributed by atoms with Crippen molar-refractivity contribution in [2.75, 3.05) is 13.1 Å². The number of amides is 2. The van der Waals surface area contributed by atoms with Crippen molar-refractivity contribution in [3.05, 3.63) is 29.8 Å². The molecule has 1 saturated heterocycles. The summed E-state index contributed by atoms with van der Waals surface area (Å²) in [5, 5.41) is 12.2. The van der Waals surface area contributed by atoms with Gasteiger partial charge in [0.25, 0.3) is 0 Å². The van der Waals surface area contributed by atoms with Crippen molar-refractivity contribution in [1.82, 2.24) is 25.1 Å². The Kier molecular flexibility index (Phi) is 4.78. The molecule has 1 aromatic heterocycles. The quantitative estimate of drug-likeness (QED) is 0.890. The summed E-state index contributed by atoms with van der Waals surface area (Å²) >= 11 is 0. The molecule has 0 saturated carbocycles. The van der Waals surface area contributed by atoms with Crippen LogP contribution in [0.3, 0.4) is 0 Å². The van der Waals surface area contributed by atoms with Crippen LogP contribution in [0.1, 0.15) is 30.6 Å². The Morgan fingerprint density at radius 2 is 1.80 bits per heavy atom. The molecule has 25 heavy (non-hydrogen) atoms. The Morgan fingerprint density at radius 3 is 2.40 bits per heavy atom. The van der Waals surface area contributed by atoms with Gasteiger partial charge in [0.05, 0.1) is 0 Å². The molecule has 2 amide bonds. The standard InChI is InChI=1S/C17H22N6O2/c1-11-7-12(2)9-22(8-11)15(24)10-23-20-17(19-21-23)14-5-3-13(4-6-14)16(18)25/h3-6,11-12H,7-10H2,1-2H3,(H2,18,25)/t11-,12+. The van der Waals surface area contributed by atoms with E-state index in [4.69, 9.17) is 5.73 Å². The number of likely N-dealkylation sites (tertiary alicyclic amines) is 1. The third-order valence-corrected chi connectivity index (χ3v) is 4.38. The van der Waals surface area contributed by atoms with Gasteiger partial charge in [0.2, 0.25) is 17.6 Å². The lowest BCUT2D eigenvalue weighted by atomic mass is 9.92. The number of benzene rings is 1. The molecule has 132 valence electrons. The Balaban J connectivity index is 1.67. The summed E-state index contributed by atoms with van der Waals surface area (Å²) in [5.74, 6) is 0.945. The zero-order valence-corrected chi connectivity index (χ0v) is 14.4. The fourth-order valence-electron chi connectivity index (χ4n) is 3.30. The van der Waals surface area contributed by atoms with Crippen molar-refractivity contribution in [3.63, 3.8) is 0 Å². The number of tetrazole rings is 1. The van der Waals surface area contributed by atoms with Gasteiger partial charge in [-0.2, -0.15) is 4.80 Å². The average molecular weight is 342 g/mol. The number of carbonyl (C=O) groups is 2. The van der Waals surface area contributed by atoms with Crippen molar-refractivity contribution < 1.29 is 9.59 Å². The average Bonchev–Trinajstić information content (AvgIpc) is 3.02. The van der Waals surface area contributed by atoms with E-state index in [0.717, 1.165) is 19.5 Å². The first-order valence-corrected chi connectivity index (χ1v) is 8.38. The highest BCUT2D eigenvalue weighted by molar-refractivity contribution is 5.93. The van der Waals surface area contributed by atoms with E-state index in [1.807, 2.05) is 4.90 Å². The Labute approximate surface area is 146 Å². The monoisotopic (exact) mass is 342 g/mol. The number of nitrogens with zero attached hydrogens (tertiary/aromatic N) is 5. The first-order valence-electron chi connectivity index (χ1n) is 8.38. The maximum atomic E-state index is 12.5. The molecule has 8 nitrogen and oxygen atoms in total. The normalized spacial score (nSPS) is 20.5. The largest absolute Gasteiger partial charge is 0.366 e. The molecule has 1 fully saturated rings. The van der Waals surface area contributed by atoms with Crippen molar-refractivity contribution >= 4 is 11.8 Å². The summed E-state index contributed by atoms with van der Waals surface area (Å²) in [6, 6.07) is 6.63.